The van der Waals surface area contributed by atoms with E-state index in [0.29, 0.717) is 0 Å². The molecule has 600 valence electrons. The predicted octanol–water partition coefficient (Wildman–Crippen LogP) is -11.9. The van der Waals surface area contributed by atoms with Crippen LogP contribution in [0.1, 0.15) is 0 Å². The van der Waals surface area contributed by atoms with Crippen LogP contribution in [0.2, 0.25) is 0 Å². The van der Waals surface area contributed by atoms with Gasteiger partial charge in [-0.2, -0.15) is 109 Å². The van der Waals surface area contributed by atoms with Crippen LogP contribution in [0.5, 0.6) is 0 Å². The average molecular weight is 1790 g/mol. The standard InChI is InChI=1S/C24H43O63PS13/c25-88(26,27)67-1-5-11(80-94(43,44)45)16(83-97(52,53)54)20(86-100(61,62)63)23(71-5)76-13-9(78-92(37,38)39)6(2-68-89(28,29)30)72-21(18(13)84-98(55,56)57)75-14-10(79-93(40,41)42)7(3-69-90(31,32)33)73-22(19(14)85-99(58,59)60)77-17-15(82-96(49,50)51)12(81-95(46,47)48)8(4-70-91(34,35)36)74-24(17)87-101(64,65)66/h5-24H,1-4H2,(H2,25,26,27)(H,28,29,30)(H,31,32,33)(H,34,35,36)(H,37,38,39)(H,40,41,42)(H,43,44,45)(H,46,47,48)(H,49,50,51)(H,52,53,54)(H,55,56,57)(H,58,59,60)(H,61,62,63)(H,64,65,66)/t5-,6-,7-,8-,9-,10-,11-,12-,13+,14+,15+,16+,17+,18+,19+,20+,21-,22-,23-,24-/m1/s1. The van der Waals surface area contributed by atoms with Gasteiger partial charge in [-0.25, -0.2) is 58.9 Å². The normalized spacial score (nSPS) is 32.5. The van der Waals surface area contributed by atoms with Crippen molar-refractivity contribution < 1.29 is 275 Å². The third kappa shape index (κ3) is 33.7. The summed E-state index contributed by atoms with van der Waals surface area (Å²) < 4.78 is 555. The van der Waals surface area contributed by atoms with Gasteiger partial charge in [-0.1, -0.05) is 0 Å². The van der Waals surface area contributed by atoms with Gasteiger partial charge in [-0.15, -0.1) is 0 Å². The highest BCUT2D eigenvalue weighted by Gasteiger charge is 2.63. The minimum absolute atomic E-state index is 2.17. The van der Waals surface area contributed by atoms with Crippen molar-refractivity contribution in [3.05, 3.63) is 0 Å². The van der Waals surface area contributed by atoms with Crippen molar-refractivity contribution in [2.45, 2.75) is 123 Å². The van der Waals surface area contributed by atoms with E-state index in [1.165, 1.54) is 0 Å². The molecule has 101 heavy (non-hydrogen) atoms. The summed E-state index contributed by atoms with van der Waals surface area (Å²) in [7, 11) is -91.1. The van der Waals surface area contributed by atoms with Crippen molar-refractivity contribution in [2.75, 3.05) is 26.4 Å². The maximum Gasteiger partial charge on any atom is 0.469 e. The molecule has 4 fully saturated rings. The second-order valence-corrected chi connectivity index (χ2v) is 33.3. The SMILES string of the molecule is O=P(O)(O)OC[C@H]1O[C@H](O[C@@H]2[C@H](OS(=O)(=O)O)[C@@H](O[C@@H]3[C@H](OS(=O)(=O)O)[C@@H](O[C@@H]4[C@@H](OS(=O)(=O)O)O[C@H](COS(=O)(=O)O)[C@@H](OS(=O)(=O)O)[C@@H]4OS(=O)(=O)O)O[C@H](COS(=O)(=O)O)[C@H]3OS(=O)(=O)O)O[C@H](COS(=O)(=O)O)[C@H]2OS(=O)(=O)O)[C@@H](OS(=O)(=O)O)[C@@H](OS(=O)(=O)O)[C@@H]1OS(=O)(=O)O. The quantitative estimate of drug-likeness (QED) is 0.0202. The first-order valence-electron chi connectivity index (χ1n) is 23.4. The van der Waals surface area contributed by atoms with E-state index in [1.807, 2.05) is 0 Å². The zero-order valence-electron chi connectivity index (χ0n) is 46.4. The zero-order chi connectivity index (χ0) is 78.2. The number of rotatable bonds is 38. The topological polar surface area (TPSA) is 958 Å². The minimum atomic E-state index is -6.91. The fourth-order valence-electron chi connectivity index (χ4n) is 8.38. The lowest BCUT2D eigenvalue weighted by Gasteiger charge is -2.50. The van der Waals surface area contributed by atoms with Gasteiger partial charge in [0.2, 0.25) is 6.29 Å². The van der Waals surface area contributed by atoms with Crippen molar-refractivity contribution in [1.29, 1.82) is 0 Å². The number of ether oxygens (including phenoxy) is 7. The number of phosphoric ester groups is 1. The van der Waals surface area contributed by atoms with Crippen molar-refractivity contribution in [1.82, 2.24) is 0 Å². The smallest absolute Gasteiger partial charge is 0.341 e. The van der Waals surface area contributed by atoms with E-state index in [1.54, 1.807) is 0 Å². The molecule has 0 aromatic heterocycles. The molecule has 0 aromatic rings. The van der Waals surface area contributed by atoms with Crippen molar-refractivity contribution in [2.24, 2.45) is 0 Å². The minimum Gasteiger partial charge on any atom is -0.341 e. The lowest BCUT2D eigenvalue weighted by atomic mass is 9.95. The van der Waals surface area contributed by atoms with Crippen molar-refractivity contribution in [3.8, 4) is 0 Å². The van der Waals surface area contributed by atoms with Crippen LogP contribution in [0.25, 0.3) is 0 Å². The van der Waals surface area contributed by atoms with Gasteiger partial charge in [0.05, 0.1) is 26.4 Å². The highest BCUT2D eigenvalue weighted by Crippen LogP contribution is 2.43. The molecular weight excluding hydrogens is 1740 g/mol. The maximum atomic E-state index is 12.9. The molecule has 0 bridgehead atoms. The Hall–Kier alpha value is -1.86. The Kier molecular flexibility index (Phi) is 30.0. The molecule has 77 heteroatoms. The van der Waals surface area contributed by atoms with E-state index >= 15 is 0 Å². The van der Waals surface area contributed by atoms with Gasteiger partial charge in [-0.3, -0.25) is 63.7 Å². The highest BCUT2D eigenvalue weighted by molar-refractivity contribution is 7.83. The van der Waals surface area contributed by atoms with Crippen LogP contribution < -0.4 is 0 Å². The second-order valence-electron chi connectivity index (χ2n) is 18.3. The molecule has 0 aliphatic carbocycles. The molecule has 20 atom stereocenters. The third-order valence-electron chi connectivity index (χ3n) is 11.1. The molecule has 63 nitrogen and oxygen atoms in total. The van der Waals surface area contributed by atoms with Crippen LogP contribution >= 0.6 is 7.82 Å². The summed E-state index contributed by atoms with van der Waals surface area (Å²) in [4.78, 5) is 18.9. The molecule has 4 aliphatic heterocycles. The third-order valence-corrected chi connectivity index (χ3v) is 17.5. The van der Waals surface area contributed by atoms with Crippen LogP contribution in [0.4, 0.5) is 0 Å². The second kappa shape index (κ2) is 33.1. The van der Waals surface area contributed by atoms with Gasteiger partial charge in [0.25, 0.3) is 0 Å². The van der Waals surface area contributed by atoms with E-state index in [2.05, 4.69) is 58.9 Å². The Balaban J connectivity index is 2.30. The van der Waals surface area contributed by atoms with E-state index in [0.717, 1.165) is 0 Å². The largest absolute Gasteiger partial charge is 0.469 e. The number of phosphoric acid groups is 1. The fourth-order valence-corrected chi connectivity index (χ4v) is 14.5. The molecule has 0 amide bonds. The van der Waals surface area contributed by atoms with Crippen molar-refractivity contribution in [3.63, 3.8) is 0 Å². The van der Waals surface area contributed by atoms with Gasteiger partial charge >= 0.3 is 143 Å². The molecule has 0 unspecified atom stereocenters. The molecule has 4 rings (SSSR count). The van der Waals surface area contributed by atoms with Gasteiger partial charge in [0, 0.05) is 0 Å². The van der Waals surface area contributed by atoms with Crippen LogP contribution in [-0.2, 0) is 232 Å². The zero-order valence-corrected chi connectivity index (χ0v) is 57.9. The molecule has 0 radical (unpaired) electrons. The van der Waals surface area contributed by atoms with Gasteiger partial charge in [-0.05, 0) is 0 Å². The summed E-state index contributed by atoms with van der Waals surface area (Å²) in [6.07, 6.45) is -75.4. The van der Waals surface area contributed by atoms with Gasteiger partial charge in [0.1, 0.15) is 79.4 Å². The monoisotopic (exact) mass is 1790 g/mol. The highest BCUT2D eigenvalue weighted by atomic mass is 32.3. The average Bonchev–Trinajstić information content (AvgIpc) is 0.756. The number of hydrogen-bond donors (Lipinski definition) is 15. The summed E-state index contributed by atoms with van der Waals surface area (Å²) in [6.45, 7) is -9.26. The molecule has 0 aromatic carbocycles. The van der Waals surface area contributed by atoms with E-state index in [-0.39, 0.29) is 0 Å². The van der Waals surface area contributed by atoms with Crippen LogP contribution in [-0.4, -0.2) is 328 Å². The summed E-state index contributed by atoms with van der Waals surface area (Å²) in [5.74, 6) is 0. The maximum absolute atomic E-state index is 12.9. The van der Waals surface area contributed by atoms with Crippen LogP contribution in [0.15, 0.2) is 0 Å². The Labute approximate surface area is 564 Å². The first-order valence-corrected chi connectivity index (χ1v) is 42.7. The first kappa shape index (κ1) is 91.5. The Morgan fingerprint density at radius 2 is 0.416 bits per heavy atom. The molecule has 4 heterocycles. The Bertz CT molecular complexity index is 4530. The summed E-state index contributed by atoms with van der Waals surface area (Å²) in [5.41, 5.74) is 0. The fraction of sp³-hybridized carbons (Fsp3) is 1.00. The summed E-state index contributed by atoms with van der Waals surface area (Å²) in [6, 6.07) is 0. The Morgan fingerprint density at radius 1 is 0.228 bits per heavy atom. The molecule has 15 N–H and O–H groups in total. The first-order chi connectivity index (χ1) is 44.7. The van der Waals surface area contributed by atoms with Crippen molar-refractivity contribution >= 4 is 143 Å². The van der Waals surface area contributed by atoms with E-state index in [4.69, 9.17) is 33.2 Å². The van der Waals surface area contributed by atoms with E-state index < -0.39 is 292 Å². The van der Waals surface area contributed by atoms with Crippen LogP contribution in [0.3, 0.4) is 0 Å². The summed E-state index contributed by atoms with van der Waals surface area (Å²) in [5, 5.41) is 0. The Morgan fingerprint density at radius 3 is 0.653 bits per heavy atom. The molecule has 4 saturated heterocycles. The number of hydrogen-bond acceptors (Lipinski definition) is 48. The lowest BCUT2D eigenvalue weighted by Crippen LogP contribution is -2.70. The molecular formula is C24H43O63PS13. The summed E-state index contributed by atoms with van der Waals surface area (Å²) >= 11 is 0. The van der Waals surface area contributed by atoms with Gasteiger partial charge < -0.3 is 42.9 Å². The van der Waals surface area contributed by atoms with Crippen LogP contribution in [0, 0.1) is 0 Å². The van der Waals surface area contributed by atoms with E-state index in [9.17, 15) is 183 Å². The molecule has 0 spiro atoms. The lowest BCUT2D eigenvalue weighted by molar-refractivity contribution is -0.380. The molecule has 4 aliphatic rings. The van der Waals surface area contributed by atoms with Gasteiger partial charge in [0.15, 0.2) is 37.2 Å². The molecule has 0 saturated carbocycles. The predicted molar refractivity (Wildman–Crippen MR) is 280 cm³/mol.